The highest BCUT2D eigenvalue weighted by atomic mass is 35.5. The number of hydrogen-bond donors (Lipinski definition) is 0. The minimum Gasteiger partial charge on any atom is -0.427 e. The highest BCUT2D eigenvalue weighted by Gasteiger charge is 2.38. The van der Waals surface area contributed by atoms with E-state index in [0.29, 0.717) is 9.27 Å². The third kappa shape index (κ3) is 5.36. The first kappa shape index (κ1) is 23.9. The summed E-state index contributed by atoms with van der Waals surface area (Å²) in [6.07, 6.45) is 0. The highest BCUT2D eigenvalue weighted by molar-refractivity contribution is 8.04. The Hall–Kier alpha value is -2.72. The van der Waals surface area contributed by atoms with E-state index in [1.807, 2.05) is 0 Å². The monoisotopic (exact) mass is 493 g/mol. The fourth-order valence-electron chi connectivity index (χ4n) is 2.89. The van der Waals surface area contributed by atoms with Gasteiger partial charge in [0.2, 0.25) is 0 Å². The first-order valence-corrected chi connectivity index (χ1v) is 12.7. The summed E-state index contributed by atoms with van der Waals surface area (Å²) >= 11 is 6.47. The van der Waals surface area contributed by atoms with E-state index in [1.165, 1.54) is 67.6 Å². The summed E-state index contributed by atoms with van der Waals surface area (Å²) in [5.74, 6) is -0.204. The van der Waals surface area contributed by atoms with Crippen LogP contribution in [0, 0.1) is 0 Å². The molecule has 0 aliphatic heterocycles. The third-order valence-corrected chi connectivity index (χ3v) is 9.10. The summed E-state index contributed by atoms with van der Waals surface area (Å²) in [6.45, 7) is 0.724. The average molecular weight is 494 g/mol. The number of rotatable bonds is 8. The summed E-state index contributed by atoms with van der Waals surface area (Å²) in [6, 6.07) is 20.6. The molecule has 0 spiro atoms. The first-order valence-electron chi connectivity index (χ1n) is 9.43. The zero-order valence-corrected chi connectivity index (χ0v) is 19.3. The Labute approximate surface area is 192 Å². The number of ether oxygens (including phenoxy) is 1. The SMILES string of the molecule is CC(=O)Oc1ccc(C(Cl)CN(S(=O)(=O)c2ccccc2)S(=O)(=O)c2ccccc2)cc1. The van der Waals surface area contributed by atoms with Gasteiger partial charge in [-0.1, -0.05) is 52.2 Å². The molecular formula is C22H20ClNO6S2. The number of benzene rings is 3. The summed E-state index contributed by atoms with van der Waals surface area (Å²) in [5, 5.41) is -1.00. The van der Waals surface area contributed by atoms with Crippen molar-refractivity contribution in [2.75, 3.05) is 6.54 Å². The second-order valence-electron chi connectivity index (χ2n) is 6.72. The van der Waals surface area contributed by atoms with Crippen LogP contribution < -0.4 is 4.74 Å². The van der Waals surface area contributed by atoms with Crippen LogP contribution in [-0.4, -0.2) is 33.1 Å². The minimum absolute atomic E-state index is 0.173. The van der Waals surface area contributed by atoms with Gasteiger partial charge in [-0.05, 0) is 42.0 Å². The van der Waals surface area contributed by atoms with Gasteiger partial charge in [-0.25, -0.2) is 16.8 Å². The molecule has 0 radical (unpaired) electrons. The molecule has 1 unspecified atom stereocenters. The van der Waals surface area contributed by atoms with Gasteiger partial charge in [0.1, 0.15) is 5.75 Å². The Kier molecular flexibility index (Phi) is 7.35. The normalized spacial score (nSPS) is 13.0. The number of carbonyl (C=O) groups excluding carboxylic acids is 1. The van der Waals surface area contributed by atoms with Crippen molar-refractivity contribution in [3.63, 3.8) is 0 Å². The van der Waals surface area contributed by atoms with Crippen LogP contribution in [0.2, 0.25) is 0 Å². The number of alkyl halides is 1. The molecule has 0 N–H and O–H groups in total. The molecule has 0 aromatic heterocycles. The van der Waals surface area contributed by atoms with Crippen LogP contribution in [0.5, 0.6) is 5.75 Å². The van der Waals surface area contributed by atoms with Crippen molar-refractivity contribution in [1.29, 1.82) is 0 Å². The van der Waals surface area contributed by atoms with Crippen LogP contribution >= 0.6 is 11.6 Å². The molecule has 0 aliphatic rings. The van der Waals surface area contributed by atoms with E-state index in [0.717, 1.165) is 0 Å². The van der Waals surface area contributed by atoms with Crippen molar-refractivity contribution in [3.05, 3.63) is 90.5 Å². The van der Waals surface area contributed by atoms with Crippen LogP contribution in [0.25, 0.3) is 0 Å². The summed E-state index contributed by atoms with van der Waals surface area (Å²) < 4.78 is 58.7. The molecule has 10 heteroatoms. The van der Waals surface area contributed by atoms with Crippen LogP contribution in [0.1, 0.15) is 17.9 Å². The molecule has 32 heavy (non-hydrogen) atoms. The predicted octanol–water partition coefficient (Wildman–Crippen LogP) is 3.97. The molecule has 0 heterocycles. The summed E-state index contributed by atoms with van der Waals surface area (Å²) in [4.78, 5) is 10.7. The lowest BCUT2D eigenvalue weighted by atomic mass is 10.1. The fourth-order valence-corrected chi connectivity index (χ4v) is 7.05. The first-order chi connectivity index (χ1) is 15.1. The predicted molar refractivity (Wildman–Crippen MR) is 120 cm³/mol. The Balaban J connectivity index is 2.01. The number of halogens is 1. The van der Waals surface area contributed by atoms with Crippen LogP contribution in [0.15, 0.2) is 94.7 Å². The van der Waals surface area contributed by atoms with Gasteiger partial charge in [0.25, 0.3) is 20.0 Å². The lowest BCUT2D eigenvalue weighted by Crippen LogP contribution is -2.39. The van der Waals surface area contributed by atoms with Crippen molar-refractivity contribution in [1.82, 2.24) is 3.71 Å². The molecule has 3 aromatic rings. The largest absolute Gasteiger partial charge is 0.427 e. The molecule has 0 saturated carbocycles. The van der Waals surface area contributed by atoms with E-state index in [1.54, 1.807) is 24.3 Å². The molecule has 0 amide bonds. The maximum Gasteiger partial charge on any atom is 0.308 e. The molecule has 0 bridgehead atoms. The topological polar surface area (TPSA) is 97.8 Å². The minimum atomic E-state index is -4.44. The van der Waals surface area contributed by atoms with Crippen LogP contribution in [-0.2, 0) is 24.8 Å². The third-order valence-electron chi connectivity index (χ3n) is 4.43. The van der Waals surface area contributed by atoms with Gasteiger partial charge in [0.05, 0.1) is 21.7 Å². The lowest BCUT2D eigenvalue weighted by molar-refractivity contribution is -0.131. The van der Waals surface area contributed by atoms with Crippen molar-refractivity contribution < 1.29 is 26.4 Å². The maximum atomic E-state index is 13.3. The number of nitrogens with zero attached hydrogens (tertiary/aromatic N) is 1. The molecule has 0 saturated heterocycles. The Bertz CT molecular complexity index is 1210. The van der Waals surface area contributed by atoms with Crippen molar-refractivity contribution in [2.24, 2.45) is 0 Å². The van der Waals surface area contributed by atoms with Crippen LogP contribution in [0.4, 0.5) is 0 Å². The zero-order valence-electron chi connectivity index (χ0n) is 17.0. The van der Waals surface area contributed by atoms with Gasteiger partial charge < -0.3 is 4.74 Å². The van der Waals surface area contributed by atoms with Crippen molar-refractivity contribution >= 4 is 37.6 Å². The van der Waals surface area contributed by atoms with Gasteiger partial charge in [-0.15, -0.1) is 11.6 Å². The van der Waals surface area contributed by atoms with E-state index in [2.05, 4.69) is 0 Å². The smallest absolute Gasteiger partial charge is 0.308 e. The quantitative estimate of drug-likeness (QED) is 0.267. The molecule has 7 nitrogen and oxygen atoms in total. The number of esters is 1. The van der Waals surface area contributed by atoms with Crippen LogP contribution in [0.3, 0.4) is 0 Å². The maximum absolute atomic E-state index is 13.3. The molecule has 0 fully saturated rings. The standard InChI is InChI=1S/C22H20ClNO6S2/c1-17(25)30-19-14-12-18(13-15-19)22(23)16-24(31(26,27)20-8-4-2-5-9-20)32(28,29)21-10-6-3-7-11-21/h2-15,22H,16H2,1H3. The lowest BCUT2D eigenvalue weighted by Gasteiger charge is -2.24. The molecule has 3 aromatic carbocycles. The van der Waals surface area contributed by atoms with Crippen molar-refractivity contribution in [2.45, 2.75) is 22.1 Å². The molecule has 168 valence electrons. The highest BCUT2D eigenvalue weighted by Crippen LogP contribution is 2.31. The Morgan fingerprint density at radius 2 is 1.25 bits per heavy atom. The fraction of sp³-hybridized carbons (Fsp3) is 0.136. The molecule has 3 rings (SSSR count). The van der Waals surface area contributed by atoms with Gasteiger partial charge >= 0.3 is 5.97 Å². The van der Waals surface area contributed by atoms with Gasteiger partial charge in [0, 0.05) is 6.92 Å². The second kappa shape index (κ2) is 9.83. The van der Waals surface area contributed by atoms with E-state index in [9.17, 15) is 21.6 Å². The van der Waals surface area contributed by atoms with Gasteiger partial charge in [0.15, 0.2) is 0 Å². The number of hydrogen-bond acceptors (Lipinski definition) is 6. The molecule has 1 atom stereocenters. The van der Waals surface area contributed by atoms with E-state index >= 15 is 0 Å². The Morgan fingerprint density at radius 1 is 0.812 bits per heavy atom. The van der Waals surface area contributed by atoms with Crippen molar-refractivity contribution in [3.8, 4) is 5.75 Å². The molecular weight excluding hydrogens is 474 g/mol. The van der Waals surface area contributed by atoms with Gasteiger partial charge in [-0.2, -0.15) is 0 Å². The summed E-state index contributed by atoms with van der Waals surface area (Å²) in [7, 11) is -8.88. The Morgan fingerprint density at radius 3 is 1.66 bits per heavy atom. The average Bonchev–Trinajstić information content (AvgIpc) is 2.78. The second-order valence-corrected chi connectivity index (χ2v) is 11.2. The van der Waals surface area contributed by atoms with Gasteiger partial charge in [-0.3, -0.25) is 4.79 Å². The summed E-state index contributed by atoms with van der Waals surface area (Å²) in [5.41, 5.74) is 0.457. The van der Waals surface area contributed by atoms with E-state index < -0.39 is 37.9 Å². The number of carbonyl (C=O) groups is 1. The molecule has 0 aliphatic carbocycles. The van der Waals surface area contributed by atoms with E-state index in [4.69, 9.17) is 16.3 Å². The van der Waals surface area contributed by atoms with E-state index in [-0.39, 0.29) is 15.5 Å². The number of sulfonamides is 2. The zero-order chi connectivity index (χ0) is 23.4.